The molecule has 0 fully saturated rings. The molecule has 0 saturated carbocycles. The third kappa shape index (κ3) is 6.69. The number of hydrogen-bond acceptors (Lipinski definition) is 3. The minimum atomic E-state index is -2.75. The normalized spacial score (nSPS) is 11.9. The highest BCUT2D eigenvalue weighted by molar-refractivity contribution is 7.19. The Bertz CT molecular complexity index is 4490. The summed E-state index contributed by atoms with van der Waals surface area (Å²) in [7, 11) is -2.75. The van der Waals surface area contributed by atoms with E-state index in [0.717, 1.165) is 77.0 Å². The molecule has 7 heteroatoms. The van der Waals surface area contributed by atoms with Crippen molar-refractivity contribution in [2.45, 2.75) is 0 Å². The second-order valence-corrected chi connectivity index (χ2v) is 23.3. The zero-order valence-corrected chi connectivity index (χ0v) is 42.2. The zero-order valence-electron chi connectivity index (χ0n) is 41.2. The minimum Gasteiger partial charge on any atom is -0.309 e. The van der Waals surface area contributed by atoms with E-state index < -0.39 is 8.07 Å². The molecule has 356 valence electrons. The Morgan fingerprint density at radius 1 is 0.250 bits per heavy atom. The average Bonchev–Trinajstić information content (AvgIpc) is 4.17. The molecule has 0 unspecified atom stereocenters. The van der Waals surface area contributed by atoms with Gasteiger partial charge in [-0.1, -0.05) is 237 Å². The molecule has 6 nitrogen and oxygen atoms in total. The Kier molecular flexibility index (Phi) is 10.1. The van der Waals surface area contributed by atoms with Crippen molar-refractivity contribution in [2.75, 3.05) is 0 Å². The number of nitrogens with zero attached hydrogens (tertiary/aromatic N) is 6. The molecule has 0 aliphatic rings. The summed E-state index contributed by atoms with van der Waals surface area (Å²) in [5.41, 5.74) is 10.6. The molecule has 0 aliphatic carbocycles. The van der Waals surface area contributed by atoms with Crippen molar-refractivity contribution < 1.29 is 0 Å². The van der Waals surface area contributed by atoms with Crippen molar-refractivity contribution in [2.24, 2.45) is 0 Å². The molecule has 0 atom stereocenters. The summed E-state index contributed by atoms with van der Waals surface area (Å²) in [5, 5.41) is 12.3. The lowest BCUT2D eigenvalue weighted by molar-refractivity contribution is 0.893. The SMILES string of the molecule is c1ccc([Si](c2ccccc2)(c2ccccc2)c2cccc(-c3ccc(-c4nc(-n5c6ccccc6c6ccccc65)nc(-n5c6ccccc6c6c(-n7c8ccccc8c8ccccc87)cccc65)n4)cc3)c2)cc1. The predicted molar refractivity (Wildman–Crippen MR) is 317 cm³/mol. The lowest BCUT2D eigenvalue weighted by Gasteiger charge is -2.34. The van der Waals surface area contributed by atoms with Gasteiger partial charge in [-0.15, -0.1) is 0 Å². The van der Waals surface area contributed by atoms with Crippen LogP contribution in [0.2, 0.25) is 0 Å². The Balaban J connectivity index is 0.930. The van der Waals surface area contributed by atoms with E-state index in [2.05, 4.69) is 293 Å². The molecule has 0 bridgehead atoms. The standard InChI is InChI=1S/C69H46N6Si/c1-4-23-50(24-5-1)76(51-25-6-2-7-26-51,52-27-8-3-9-28-52)53-29-20-22-49(46-53)47-42-44-48(45-43-47)67-70-68(74-61-37-17-12-32-56(61)57-33-13-18-38-62(57)74)72-69(71-67)75-63-39-19-14-34-58(63)66-64(40-21-41-65(66)75)73-59-35-15-10-30-54(59)55-31-11-16-36-60(55)73/h1-46H. The summed E-state index contributed by atoms with van der Waals surface area (Å²) in [4.78, 5) is 16.4. The Morgan fingerprint density at radius 2 is 0.618 bits per heavy atom. The summed E-state index contributed by atoms with van der Waals surface area (Å²) in [6.45, 7) is 0. The lowest BCUT2D eigenvalue weighted by atomic mass is 10.0. The number of benzene rings is 11. The van der Waals surface area contributed by atoms with Crippen molar-refractivity contribution in [3.05, 3.63) is 279 Å². The van der Waals surface area contributed by atoms with Crippen LogP contribution in [0.25, 0.3) is 106 Å². The molecule has 4 heterocycles. The van der Waals surface area contributed by atoms with Crippen LogP contribution < -0.4 is 20.7 Å². The maximum absolute atomic E-state index is 5.51. The zero-order chi connectivity index (χ0) is 50.2. The highest BCUT2D eigenvalue weighted by atomic mass is 28.3. The quantitative estimate of drug-likeness (QED) is 0.107. The number of rotatable bonds is 9. The van der Waals surface area contributed by atoms with Gasteiger partial charge in [0.1, 0.15) is 0 Å². The second kappa shape index (κ2) is 17.6. The van der Waals surface area contributed by atoms with E-state index in [9.17, 15) is 0 Å². The number of fused-ring (bicyclic) bond motifs is 9. The van der Waals surface area contributed by atoms with E-state index >= 15 is 0 Å². The monoisotopic (exact) mass is 986 g/mol. The fraction of sp³-hybridized carbons (Fsp3) is 0. The van der Waals surface area contributed by atoms with E-state index in [1.54, 1.807) is 0 Å². The van der Waals surface area contributed by atoms with Gasteiger partial charge in [-0.3, -0.25) is 9.13 Å². The molecule has 11 aromatic carbocycles. The first-order chi connectivity index (χ1) is 37.7. The summed E-state index contributed by atoms with van der Waals surface area (Å²) in [6, 6.07) is 101. The van der Waals surface area contributed by atoms with Crippen molar-refractivity contribution in [1.82, 2.24) is 28.7 Å². The third-order valence-electron chi connectivity index (χ3n) is 15.5. The van der Waals surface area contributed by atoms with E-state index in [1.807, 2.05) is 0 Å². The summed E-state index contributed by atoms with van der Waals surface area (Å²) in [5.74, 6) is 1.66. The predicted octanol–water partition coefficient (Wildman–Crippen LogP) is 13.9. The Morgan fingerprint density at radius 3 is 1.12 bits per heavy atom. The van der Waals surface area contributed by atoms with Gasteiger partial charge < -0.3 is 4.57 Å². The molecule has 0 spiro atoms. The maximum Gasteiger partial charge on any atom is 0.240 e. The summed E-state index contributed by atoms with van der Waals surface area (Å²) >= 11 is 0. The van der Waals surface area contributed by atoms with Gasteiger partial charge in [0.2, 0.25) is 11.9 Å². The van der Waals surface area contributed by atoms with Crippen LogP contribution in [0.3, 0.4) is 0 Å². The fourth-order valence-electron chi connectivity index (χ4n) is 12.2. The van der Waals surface area contributed by atoms with E-state index in [4.69, 9.17) is 15.0 Å². The molecular formula is C69H46N6Si. The maximum atomic E-state index is 5.51. The van der Waals surface area contributed by atoms with Gasteiger partial charge in [0, 0.05) is 37.9 Å². The summed E-state index contributed by atoms with van der Waals surface area (Å²) < 4.78 is 6.84. The van der Waals surface area contributed by atoms with Crippen LogP contribution in [-0.2, 0) is 0 Å². The molecule has 76 heavy (non-hydrogen) atoms. The van der Waals surface area contributed by atoms with Crippen molar-refractivity contribution >= 4 is 94.2 Å². The summed E-state index contributed by atoms with van der Waals surface area (Å²) in [6.07, 6.45) is 0. The molecule has 15 aromatic rings. The van der Waals surface area contributed by atoms with Crippen LogP contribution in [0.4, 0.5) is 0 Å². The molecule has 0 N–H and O–H groups in total. The Hall–Kier alpha value is -9.95. The van der Waals surface area contributed by atoms with Gasteiger partial charge >= 0.3 is 0 Å². The fourth-order valence-corrected chi connectivity index (χ4v) is 17.0. The number of hydrogen-bond donors (Lipinski definition) is 0. The van der Waals surface area contributed by atoms with Gasteiger partial charge in [0.25, 0.3) is 0 Å². The van der Waals surface area contributed by atoms with Crippen LogP contribution in [-0.4, -0.2) is 36.7 Å². The minimum absolute atomic E-state index is 0.535. The molecule has 15 rings (SSSR count). The average molecular weight is 987 g/mol. The van der Waals surface area contributed by atoms with Crippen molar-refractivity contribution in [3.63, 3.8) is 0 Å². The molecule has 0 radical (unpaired) electrons. The van der Waals surface area contributed by atoms with E-state index in [-0.39, 0.29) is 0 Å². The first-order valence-corrected chi connectivity index (χ1v) is 27.9. The second-order valence-electron chi connectivity index (χ2n) is 19.5. The molecule has 0 saturated heterocycles. The van der Waals surface area contributed by atoms with Crippen LogP contribution in [0.15, 0.2) is 279 Å². The first kappa shape index (κ1) is 43.6. The highest BCUT2D eigenvalue weighted by Gasteiger charge is 2.41. The third-order valence-corrected chi connectivity index (χ3v) is 20.3. The van der Waals surface area contributed by atoms with Crippen LogP contribution >= 0.6 is 0 Å². The lowest BCUT2D eigenvalue weighted by Crippen LogP contribution is -2.74. The molecule has 4 aromatic heterocycles. The molecular weight excluding hydrogens is 941 g/mol. The number of para-hydroxylation sites is 5. The van der Waals surface area contributed by atoms with Gasteiger partial charge in [0.05, 0.1) is 38.8 Å². The first-order valence-electron chi connectivity index (χ1n) is 25.9. The molecule has 0 amide bonds. The Labute approximate surface area is 439 Å². The van der Waals surface area contributed by atoms with Crippen LogP contribution in [0, 0.1) is 0 Å². The van der Waals surface area contributed by atoms with Crippen LogP contribution in [0.5, 0.6) is 0 Å². The topological polar surface area (TPSA) is 53.5 Å². The largest absolute Gasteiger partial charge is 0.309 e. The van der Waals surface area contributed by atoms with Crippen molar-refractivity contribution in [1.29, 1.82) is 0 Å². The van der Waals surface area contributed by atoms with Crippen molar-refractivity contribution in [3.8, 4) is 40.1 Å². The van der Waals surface area contributed by atoms with Crippen LogP contribution in [0.1, 0.15) is 0 Å². The highest BCUT2D eigenvalue weighted by Crippen LogP contribution is 2.40. The van der Waals surface area contributed by atoms with E-state index in [1.165, 1.54) is 31.5 Å². The number of aromatic nitrogens is 6. The van der Waals surface area contributed by atoms with E-state index in [0.29, 0.717) is 17.7 Å². The van der Waals surface area contributed by atoms with Gasteiger partial charge in [-0.05, 0) is 74.3 Å². The van der Waals surface area contributed by atoms with Gasteiger partial charge in [-0.2, -0.15) is 15.0 Å². The van der Waals surface area contributed by atoms with Gasteiger partial charge in [-0.25, -0.2) is 0 Å². The smallest absolute Gasteiger partial charge is 0.240 e. The molecule has 0 aliphatic heterocycles. The van der Waals surface area contributed by atoms with Gasteiger partial charge in [0.15, 0.2) is 13.9 Å².